The Kier molecular flexibility index (Phi) is 4.83. The van der Waals surface area contributed by atoms with E-state index >= 15 is 0 Å². The summed E-state index contributed by atoms with van der Waals surface area (Å²) in [5, 5.41) is 2.08. The van der Waals surface area contributed by atoms with Crippen LogP contribution in [0, 0.1) is 0 Å². The van der Waals surface area contributed by atoms with Gasteiger partial charge in [0.15, 0.2) is 0 Å². The lowest BCUT2D eigenvalue weighted by atomic mass is 10.1. The summed E-state index contributed by atoms with van der Waals surface area (Å²) in [4.78, 5) is 14.2. The first kappa shape index (κ1) is 16.9. The average Bonchev–Trinajstić information content (AvgIpc) is 3.00. The maximum Gasteiger partial charge on any atom is 0.227 e. The van der Waals surface area contributed by atoms with Gasteiger partial charge < -0.3 is 9.32 Å². The molecule has 0 aliphatic carbocycles. The number of para-hydroxylation sites is 1. The fourth-order valence-corrected chi connectivity index (χ4v) is 3.04. The number of likely N-dealkylation sites (N-methyl/N-ethyl adjacent to an activating group) is 1. The first-order valence-electron chi connectivity index (χ1n) is 7.64. The largest absolute Gasteiger partial charge is 0.459 e. The van der Waals surface area contributed by atoms with Crippen molar-refractivity contribution in [2.75, 3.05) is 7.05 Å². The van der Waals surface area contributed by atoms with E-state index in [1.165, 1.54) is 0 Å². The van der Waals surface area contributed by atoms with E-state index in [2.05, 4.69) is 0 Å². The van der Waals surface area contributed by atoms with Crippen LogP contribution in [0.3, 0.4) is 0 Å². The third-order valence-electron chi connectivity index (χ3n) is 4.19. The molecule has 3 nitrogen and oxygen atoms in total. The monoisotopic (exact) mass is 361 g/mol. The highest BCUT2D eigenvalue weighted by molar-refractivity contribution is 6.35. The Morgan fingerprint density at radius 3 is 2.62 bits per heavy atom. The fraction of sp³-hybridized carbons (Fsp3) is 0.211. The van der Waals surface area contributed by atoms with Gasteiger partial charge in [0.25, 0.3) is 0 Å². The Morgan fingerprint density at radius 2 is 1.92 bits per heavy atom. The number of hydrogen-bond donors (Lipinski definition) is 0. The molecule has 0 aliphatic heterocycles. The summed E-state index contributed by atoms with van der Waals surface area (Å²) in [7, 11) is 1.77. The Morgan fingerprint density at radius 1 is 1.17 bits per heavy atom. The van der Waals surface area contributed by atoms with Crippen LogP contribution in [0.5, 0.6) is 0 Å². The van der Waals surface area contributed by atoms with E-state index in [9.17, 15) is 4.79 Å². The van der Waals surface area contributed by atoms with Crippen LogP contribution in [0.2, 0.25) is 10.0 Å². The van der Waals surface area contributed by atoms with E-state index in [1.54, 1.807) is 30.1 Å². The molecule has 1 atom stereocenters. The molecule has 0 fully saturated rings. The number of carbonyl (C=O) groups is 1. The molecule has 1 amide bonds. The first-order chi connectivity index (χ1) is 11.5. The topological polar surface area (TPSA) is 33.5 Å². The first-order valence-corrected chi connectivity index (χ1v) is 8.39. The van der Waals surface area contributed by atoms with Crippen LogP contribution in [-0.4, -0.2) is 17.9 Å². The van der Waals surface area contributed by atoms with Gasteiger partial charge in [0.2, 0.25) is 5.91 Å². The minimum atomic E-state index is -0.170. The van der Waals surface area contributed by atoms with E-state index in [-0.39, 0.29) is 18.4 Å². The molecule has 24 heavy (non-hydrogen) atoms. The number of fused-ring (bicyclic) bond motifs is 1. The van der Waals surface area contributed by atoms with Crippen molar-refractivity contribution >= 4 is 40.1 Å². The number of amides is 1. The minimum absolute atomic E-state index is 0.0350. The zero-order valence-electron chi connectivity index (χ0n) is 13.4. The van der Waals surface area contributed by atoms with Gasteiger partial charge in [0, 0.05) is 22.5 Å². The fourth-order valence-electron chi connectivity index (χ4n) is 2.57. The maximum absolute atomic E-state index is 12.6. The van der Waals surface area contributed by atoms with Gasteiger partial charge in [-0.3, -0.25) is 4.79 Å². The van der Waals surface area contributed by atoms with Crippen molar-refractivity contribution in [3.05, 3.63) is 69.9 Å². The highest BCUT2D eigenvalue weighted by Crippen LogP contribution is 2.28. The highest BCUT2D eigenvalue weighted by Gasteiger charge is 2.21. The van der Waals surface area contributed by atoms with E-state index in [0.717, 1.165) is 22.3 Å². The van der Waals surface area contributed by atoms with Crippen LogP contribution >= 0.6 is 23.2 Å². The van der Waals surface area contributed by atoms with Crippen molar-refractivity contribution in [2.24, 2.45) is 0 Å². The highest BCUT2D eigenvalue weighted by atomic mass is 35.5. The summed E-state index contributed by atoms with van der Waals surface area (Å²) >= 11 is 12.0. The van der Waals surface area contributed by atoms with Crippen LogP contribution in [-0.2, 0) is 11.2 Å². The van der Waals surface area contributed by atoms with Gasteiger partial charge in [-0.25, -0.2) is 0 Å². The van der Waals surface area contributed by atoms with Crippen molar-refractivity contribution < 1.29 is 9.21 Å². The van der Waals surface area contributed by atoms with Gasteiger partial charge in [0.05, 0.1) is 12.5 Å². The minimum Gasteiger partial charge on any atom is -0.459 e. The Balaban J connectivity index is 1.76. The predicted octanol–water partition coefficient (Wildman–Crippen LogP) is 5.50. The van der Waals surface area contributed by atoms with E-state index < -0.39 is 0 Å². The van der Waals surface area contributed by atoms with Gasteiger partial charge in [-0.05, 0) is 36.8 Å². The molecule has 0 bridgehead atoms. The molecule has 1 aromatic heterocycles. The van der Waals surface area contributed by atoms with Gasteiger partial charge in [-0.2, -0.15) is 0 Å². The molecule has 124 valence electrons. The lowest BCUT2D eigenvalue weighted by molar-refractivity contribution is -0.131. The molecule has 0 saturated heterocycles. The molecule has 0 aliphatic rings. The van der Waals surface area contributed by atoms with Gasteiger partial charge >= 0.3 is 0 Å². The molecule has 5 heteroatoms. The second-order valence-corrected chi connectivity index (χ2v) is 6.62. The molecule has 1 heterocycles. The number of furan rings is 1. The zero-order chi connectivity index (χ0) is 17.3. The van der Waals surface area contributed by atoms with Crippen molar-refractivity contribution in [1.29, 1.82) is 0 Å². The third-order valence-corrected chi connectivity index (χ3v) is 4.77. The average molecular weight is 362 g/mol. The molecule has 0 radical (unpaired) electrons. The second kappa shape index (κ2) is 6.88. The maximum atomic E-state index is 12.6. The summed E-state index contributed by atoms with van der Waals surface area (Å²) in [6.45, 7) is 1.94. The van der Waals surface area contributed by atoms with E-state index in [0.29, 0.717) is 10.0 Å². The lowest BCUT2D eigenvalue weighted by Gasteiger charge is -2.23. The number of hydrogen-bond acceptors (Lipinski definition) is 2. The lowest BCUT2D eigenvalue weighted by Crippen LogP contribution is -2.30. The summed E-state index contributed by atoms with van der Waals surface area (Å²) in [6.07, 6.45) is 0.219. The van der Waals surface area contributed by atoms with Gasteiger partial charge in [0.1, 0.15) is 11.3 Å². The molecule has 1 unspecified atom stereocenters. The third kappa shape index (κ3) is 3.42. The predicted molar refractivity (Wildman–Crippen MR) is 97.6 cm³/mol. The van der Waals surface area contributed by atoms with Crippen molar-refractivity contribution in [1.82, 2.24) is 4.90 Å². The zero-order valence-corrected chi connectivity index (χ0v) is 14.9. The molecule has 0 spiro atoms. The SMILES string of the molecule is CC(c1cc2ccccc2o1)N(C)C(=O)Cc1ccc(Cl)cc1Cl. The Hall–Kier alpha value is -1.97. The molecule has 2 aromatic carbocycles. The normalized spacial score (nSPS) is 12.3. The standard InChI is InChI=1S/C19H17Cl2NO2/c1-12(18-9-14-5-3-4-6-17(14)24-18)22(2)19(23)10-13-7-8-15(20)11-16(13)21/h3-9,11-12H,10H2,1-2H3. The number of benzene rings is 2. The summed E-state index contributed by atoms with van der Waals surface area (Å²) in [5.41, 5.74) is 1.58. The second-order valence-electron chi connectivity index (χ2n) is 5.78. The van der Waals surface area contributed by atoms with Crippen LogP contribution in [0.4, 0.5) is 0 Å². The Bertz CT molecular complexity index is 855. The molecular formula is C19H17Cl2NO2. The van der Waals surface area contributed by atoms with Gasteiger partial charge in [-0.15, -0.1) is 0 Å². The van der Waals surface area contributed by atoms with E-state index in [1.807, 2.05) is 37.3 Å². The quantitative estimate of drug-likeness (QED) is 0.614. The molecule has 3 rings (SSSR count). The van der Waals surface area contributed by atoms with Crippen molar-refractivity contribution in [3.8, 4) is 0 Å². The number of rotatable bonds is 4. The summed E-state index contributed by atoms with van der Waals surface area (Å²) < 4.78 is 5.85. The summed E-state index contributed by atoms with van der Waals surface area (Å²) in [6, 6.07) is 14.8. The van der Waals surface area contributed by atoms with Crippen LogP contribution in [0.1, 0.15) is 24.3 Å². The number of halogens is 2. The molecule has 0 saturated carbocycles. The smallest absolute Gasteiger partial charge is 0.227 e. The molecular weight excluding hydrogens is 345 g/mol. The van der Waals surface area contributed by atoms with Crippen molar-refractivity contribution in [2.45, 2.75) is 19.4 Å². The summed E-state index contributed by atoms with van der Waals surface area (Å²) in [5.74, 6) is 0.724. The number of carbonyl (C=O) groups excluding carboxylic acids is 1. The van der Waals surface area contributed by atoms with Crippen LogP contribution in [0.15, 0.2) is 52.9 Å². The van der Waals surface area contributed by atoms with Crippen LogP contribution < -0.4 is 0 Å². The van der Waals surface area contributed by atoms with Gasteiger partial charge in [-0.1, -0.05) is 47.5 Å². The molecule has 3 aromatic rings. The molecule has 0 N–H and O–H groups in total. The van der Waals surface area contributed by atoms with Crippen molar-refractivity contribution in [3.63, 3.8) is 0 Å². The van der Waals surface area contributed by atoms with E-state index in [4.69, 9.17) is 27.6 Å². The number of nitrogens with zero attached hydrogens (tertiary/aromatic N) is 1. The Labute approximate surface area is 150 Å². The van der Waals surface area contributed by atoms with Crippen LogP contribution in [0.25, 0.3) is 11.0 Å².